The molecule has 19 heavy (non-hydrogen) atoms. The van der Waals surface area contributed by atoms with E-state index in [1.165, 1.54) is 18.5 Å². The van der Waals surface area contributed by atoms with Gasteiger partial charge in [-0.25, -0.2) is 0 Å². The highest BCUT2D eigenvalue weighted by Gasteiger charge is 2.07. The maximum absolute atomic E-state index is 11.9. The smallest absolute Gasteiger partial charge is 0.251 e. The molecule has 0 aliphatic carbocycles. The number of amides is 1. The van der Waals surface area contributed by atoms with E-state index in [4.69, 9.17) is 0 Å². The van der Waals surface area contributed by atoms with Gasteiger partial charge in [0.15, 0.2) is 0 Å². The van der Waals surface area contributed by atoms with Crippen molar-refractivity contribution in [1.29, 1.82) is 0 Å². The van der Waals surface area contributed by atoms with Crippen LogP contribution in [-0.2, 0) is 6.42 Å². The van der Waals surface area contributed by atoms with Crippen LogP contribution in [0.3, 0.4) is 0 Å². The lowest BCUT2D eigenvalue weighted by molar-refractivity contribution is 0.0954. The van der Waals surface area contributed by atoms with Crippen LogP contribution in [0.5, 0.6) is 0 Å². The van der Waals surface area contributed by atoms with E-state index in [0.29, 0.717) is 0 Å². The van der Waals surface area contributed by atoms with Crippen molar-refractivity contribution in [3.63, 3.8) is 0 Å². The topological polar surface area (TPSA) is 44.9 Å². The van der Waals surface area contributed by atoms with Crippen molar-refractivity contribution in [3.05, 3.63) is 35.5 Å². The predicted molar refractivity (Wildman–Crippen MR) is 79.5 cm³/mol. The van der Waals surface area contributed by atoms with Crippen LogP contribution in [-0.4, -0.2) is 17.4 Å². The van der Waals surface area contributed by atoms with Crippen molar-refractivity contribution in [3.8, 4) is 0 Å². The highest BCUT2D eigenvalue weighted by molar-refractivity contribution is 5.98. The fourth-order valence-electron chi connectivity index (χ4n) is 2.18. The van der Waals surface area contributed by atoms with Crippen molar-refractivity contribution in [1.82, 2.24) is 10.3 Å². The minimum Gasteiger partial charge on any atom is -0.358 e. The van der Waals surface area contributed by atoms with Gasteiger partial charge in [0.2, 0.25) is 0 Å². The SMILES string of the molecule is CCCCc1cc2cc(C(=O)NCCC)ccc2[nH]1. The van der Waals surface area contributed by atoms with Gasteiger partial charge in [-0.1, -0.05) is 20.3 Å². The number of aromatic nitrogens is 1. The quantitative estimate of drug-likeness (QED) is 0.816. The maximum atomic E-state index is 11.9. The second-order valence-electron chi connectivity index (χ2n) is 4.96. The second kappa shape index (κ2) is 6.41. The molecule has 2 N–H and O–H groups in total. The molecular weight excluding hydrogens is 236 g/mol. The highest BCUT2D eigenvalue weighted by atomic mass is 16.1. The van der Waals surface area contributed by atoms with Gasteiger partial charge in [-0.05, 0) is 43.5 Å². The molecule has 0 spiro atoms. The highest BCUT2D eigenvalue weighted by Crippen LogP contribution is 2.18. The van der Waals surface area contributed by atoms with E-state index in [1.807, 2.05) is 18.2 Å². The summed E-state index contributed by atoms with van der Waals surface area (Å²) in [5, 5.41) is 4.03. The maximum Gasteiger partial charge on any atom is 0.251 e. The van der Waals surface area contributed by atoms with Gasteiger partial charge >= 0.3 is 0 Å². The molecule has 1 aromatic carbocycles. The molecule has 0 radical (unpaired) electrons. The third kappa shape index (κ3) is 3.37. The Balaban J connectivity index is 2.17. The van der Waals surface area contributed by atoms with E-state index in [2.05, 4.69) is 30.2 Å². The van der Waals surface area contributed by atoms with E-state index in [1.54, 1.807) is 0 Å². The zero-order valence-corrected chi connectivity index (χ0v) is 11.8. The summed E-state index contributed by atoms with van der Waals surface area (Å²) >= 11 is 0. The molecule has 0 saturated carbocycles. The summed E-state index contributed by atoms with van der Waals surface area (Å²) in [6.07, 6.45) is 4.42. The Hall–Kier alpha value is -1.77. The Morgan fingerprint density at radius 1 is 1.21 bits per heavy atom. The molecule has 1 aromatic heterocycles. The normalized spacial score (nSPS) is 10.8. The molecule has 1 amide bonds. The minimum absolute atomic E-state index is 0.0139. The van der Waals surface area contributed by atoms with E-state index >= 15 is 0 Å². The Morgan fingerprint density at radius 2 is 2.05 bits per heavy atom. The molecule has 0 fully saturated rings. The molecule has 0 unspecified atom stereocenters. The molecule has 2 aromatic rings. The molecule has 3 heteroatoms. The van der Waals surface area contributed by atoms with Gasteiger partial charge in [0.1, 0.15) is 0 Å². The number of carbonyl (C=O) groups is 1. The van der Waals surface area contributed by atoms with Crippen LogP contribution in [0.2, 0.25) is 0 Å². The number of aryl methyl sites for hydroxylation is 1. The number of benzene rings is 1. The van der Waals surface area contributed by atoms with Crippen LogP contribution in [0, 0.1) is 0 Å². The molecule has 3 nitrogen and oxygen atoms in total. The zero-order chi connectivity index (χ0) is 13.7. The number of unbranched alkanes of at least 4 members (excludes halogenated alkanes) is 1. The van der Waals surface area contributed by atoms with Crippen LogP contribution in [0.4, 0.5) is 0 Å². The first-order valence-electron chi connectivity index (χ1n) is 7.14. The first-order chi connectivity index (χ1) is 9.24. The number of nitrogens with one attached hydrogen (secondary N) is 2. The number of rotatable bonds is 6. The largest absolute Gasteiger partial charge is 0.358 e. The average molecular weight is 258 g/mol. The van der Waals surface area contributed by atoms with Gasteiger partial charge in [-0.15, -0.1) is 0 Å². The first-order valence-corrected chi connectivity index (χ1v) is 7.14. The Bertz CT molecular complexity index is 557. The van der Waals surface area contributed by atoms with Crippen LogP contribution < -0.4 is 5.32 Å². The Morgan fingerprint density at radius 3 is 2.79 bits per heavy atom. The lowest BCUT2D eigenvalue weighted by atomic mass is 10.1. The molecular formula is C16H22N2O. The van der Waals surface area contributed by atoms with Gasteiger partial charge in [-0.3, -0.25) is 4.79 Å². The summed E-state index contributed by atoms with van der Waals surface area (Å²) in [6, 6.07) is 7.99. The van der Waals surface area contributed by atoms with Crippen LogP contribution in [0.1, 0.15) is 49.2 Å². The molecule has 1 heterocycles. The van der Waals surface area contributed by atoms with Crippen molar-refractivity contribution in [2.24, 2.45) is 0 Å². The molecule has 0 atom stereocenters. The summed E-state index contributed by atoms with van der Waals surface area (Å²) in [5.41, 5.74) is 3.10. The molecule has 102 valence electrons. The number of fused-ring (bicyclic) bond motifs is 1. The summed E-state index contributed by atoms with van der Waals surface area (Å²) in [7, 11) is 0. The van der Waals surface area contributed by atoms with Crippen LogP contribution in [0.15, 0.2) is 24.3 Å². The zero-order valence-electron chi connectivity index (χ0n) is 11.8. The van der Waals surface area contributed by atoms with Crippen molar-refractivity contribution >= 4 is 16.8 Å². The van der Waals surface area contributed by atoms with Crippen molar-refractivity contribution in [2.45, 2.75) is 39.5 Å². The number of carbonyl (C=O) groups excluding carboxylic acids is 1. The minimum atomic E-state index is 0.0139. The van der Waals surface area contributed by atoms with Gasteiger partial charge in [0, 0.05) is 28.7 Å². The van der Waals surface area contributed by atoms with Crippen molar-refractivity contribution in [2.75, 3.05) is 6.54 Å². The summed E-state index contributed by atoms with van der Waals surface area (Å²) in [5.74, 6) is 0.0139. The third-order valence-electron chi connectivity index (χ3n) is 3.27. The van der Waals surface area contributed by atoms with E-state index in [0.717, 1.165) is 35.9 Å². The van der Waals surface area contributed by atoms with Gasteiger partial charge in [-0.2, -0.15) is 0 Å². The standard InChI is InChI=1S/C16H22N2O/c1-3-5-6-14-11-13-10-12(7-8-15(13)18-14)16(19)17-9-4-2/h7-8,10-11,18H,3-6,9H2,1-2H3,(H,17,19). The van der Waals surface area contributed by atoms with Gasteiger partial charge in [0.25, 0.3) is 5.91 Å². The Labute approximate surface area is 114 Å². The fraction of sp³-hybridized carbons (Fsp3) is 0.438. The molecule has 0 aliphatic heterocycles. The van der Waals surface area contributed by atoms with E-state index in [9.17, 15) is 4.79 Å². The average Bonchev–Trinajstić information content (AvgIpc) is 2.84. The number of hydrogen-bond donors (Lipinski definition) is 2. The van der Waals surface area contributed by atoms with E-state index < -0.39 is 0 Å². The summed E-state index contributed by atoms with van der Waals surface area (Å²) < 4.78 is 0. The third-order valence-corrected chi connectivity index (χ3v) is 3.27. The van der Waals surface area contributed by atoms with Crippen LogP contribution >= 0.6 is 0 Å². The molecule has 0 saturated heterocycles. The lowest BCUT2D eigenvalue weighted by Crippen LogP contribution is -2.23. The Kier molecular flexibility index (Phi) is 4.61. The first kappa shape index (κ1) is 13.7. The summed E-state index contributed by atoms with van der Waals surface area (Å²) in [6.45, 7) is 4.97. The number of hydrogen-bond acceptors (Lipinski definition) is 1. The number of H-pyrrole nitrogens is 1. The second-order valence-corrected chi connectivity index (χ2v) is 4.96. The number of aromatic amines is 1. The van der Waals surface area contributed by atoms with Gasteiger partial charge < -0.3 is 10.3 Å². The fourth-order valence-corrected chi connectivity index (χ4v) is 2.18. The van der Waals surface area contributed by atoms with Crippen molar-refractivity contribution < 1.29 is 4.79 Å². The molecule has 0 aliphatic rings. The van der Waals surface area contributed by atoms with Gasteiger partial charge in [0.05, 0.1) is 0 Å². The molecule has 0 bridgehead atoms. The lowest BCUT2D eigenvalue weighted by Gasteiger charge is -2.03. The van der Waals surface area contributed by atoms with E-state index in [-0.39, 0.29) is 5.91 Å². The monoisotopic (exact) mass is 258 g/mol. The van der Waals surface area contributed by atoms with Crippen LogP contribution in [0.25, 0.3) is 10.9 Å². The molecule has 2 rings (SSSR count). The predicted octanol–water partition coefficient (Wildman–Crippen LogP) is 3.65. The summed E-state index contributed by atoms with van der Waals surface area (Å²) in [4.78, 5) is 15.3.